The molecule has 2 rings (SSSR count). The third-order valence-electron chi connectivity index (χ3n) is 3.80. The lowest BCUT2D eigenvalue weighted by molar-refractivity contribution is -0.116. The third-order valence-corrected chi connectivity index (χ3v) is 3.80. The van der Waals surface area contributed by atoms with Crippen LogP contribution in [-0.2, 0) is 4.79 Å². The van der Waals surface area contributed by atoms with E-state index in [1.54, 1.807) is 20.3 Å². The van der Waals surface area contributed by atoms with E-state index in [0.29, 0.717) is 18.0 Å². The molecule has 0 spiro atoms. The Hall–Kier alpha value is -2.75. The minimum absolute atomic E-state index is 0.136. The van der Waals surface area contributed by atoms with Crippen LogP contribution in [0, 0.1) is 0 Å². The summed E-state index contributed by atoms with van der Waals surface area (Å²) < 4.78 is 10.6. The number of rotatable bonds is 7. The first-order chi connectivity index (χ1) is 11.7. The van der Waals surface area contributed by atoms with E-state index in [4.69, 9.17) is 9.47 Å². The van der Waals surface area contributed by atoms with Gasteiger partial charge in [0.1, 0.15) is 0 Å². The molecule has 126 valence electrons. The maximum Gasteiger partial charge on any atom is 0.244 e. The molecular weight excluding hydrogens is 302 g/mol. The topological polar surface area (TPSA) is 47.6 Å². The van der Waals surface area contributed by atoms with E-state index < -0.39 is 0 Å². The number of hydrogen-bond donors (Lipinski definition) is 1. The normalized spacial score (nSPS) is 12.0. The Bertz CT molecular complexity index is 695. The van der Waals surface area contributed by atoms with Crippen molar-refractivity contribution in [2.24, 2.45) is 0 Å². The van der Waals surface area contributed by atoms with Crippen LogP contribution in [0.1, 0.15) is 24.0 Å². The molecule has 24 heavy (non-hydrogen) atoms. The summed E-state index contributed by atoms with van der Waals surface area (Å²) in [5.74, 6) is 1.37. The van der Waals surface area contributed by atoms with Crippen molar-refractivity contribution in [2.75, 3.05) is 20.8 Å². The minimum atomic E-state index is -0.136. The van der Waals surface area contributed by atoms with E-state index in [-0.39, 0.29) is 11.8 Å². The van der Waals surface area contributed by atoms with Gasteiger partial charge in [0.25, 0.3) is 0 Å². The van der Waals surface area contributed by atoms with Crippen molar-refractivity contribution in [1.82, 2.24) is 5.32 Å². The second-order valence-corrected chi connectivity index (χ2v) is 5.47. The van der Waals surface area contributed by atoms with Crippen LogP contribution in [0.25, 0.3) is 6.08 Å². The van der Waals surface area contributed by atoms with Gasteiger partial charge < -0.3 is 14.8 Å². The van der Waals surface area contributed by atoms with Gasteiger partial charge >= 0.3 is 0 Å². The van der Waals surface area contributed by atoms with Gasteiger partial charge in [0.05, 0.1) is 14.2 Å². The number of para-hydroxylation sites is 1. The van der Waals surface area contributed by atoms with Crippen molar-refractivity contribution in [1.29, 1.82) is 0 Å². The van der Waals surface area contributed by atoms with Gasteiger partial charge in [-0.1, -0.05) is 49.4 Å². The van der Waals surface area contributed by atoms with E-state index >= 15 is 0 Å². The highest BCUT2D eigenvalue weighted by atomic mass is 16.5. The molecule has 0 radical (unpaired) electrons. The van der Waals surface area contributed by atoms with E-state index in [2.05, 4.69) is 24.4 Å². The molecule has 2 aromatic carbocycles. The molecular formula is C20H23NO3. The van der Waals surface area contributed by atoms with Gasteiger partial charge in [0.15, 0.2) is 11.5 Å². The summed E-state index contributed by atoms with van der Waals surface area (Å²) in [4.78, 5) is 12.0. The Balaban J connectivity index is 1.96. The molecule has 0 aromatic heterocycles. The van der Waals surface area contributed by atoms with Gasteiger partial charge in [-0.25, -0.2) is 0 Å². The maximum atomic E-state index is 12.0. The zero-order chi connectivity index (χ0) is 17.4. The predicted octanol–water partition coefficient (Wildman–Crippen LogP) is 3.64. The number of methoxy groups -OCH3 is 2. The van der Waals surface area contributed by atoms with Crippen LogP contribution in [0.15, 0.2) is 54.6 Å². The largest absolute Gasteiger partial charge is 0.493 e. The van der Waals surface area contributed by atoms with Crippen LogP contribution >= 0.6 is 0 Å². The standard InChI is InChI=1S/C20H23NO3/c1-15(16-8-5-4-6-9-16)14-21-19(22)13-12-17-10-7-11-18(23-2)20(17)24-3/h4-13,15H,14H2,1-3H3,(H,21,22)/b13-12+/t15-/m0/s1. The molecule has 0 saturated carbocycles. The van der Waals surface area contributed by atoms with Gasteiger partial charge in [0, 0.05) is 18.2 Å². The Morgan fingerprint density at radius 1 is 1.08 bits per heavy atom. The van der Waals surface area contributed by atoms with Crippen molar-refractivity contribution < 1.29 is 14.3 Å². The summed E-state index contributed by atoms with van der Waals surface area (Å²) in [6, 6.07) is 15.7. The van der Waals surface area contributed by atoms with Crippen LogP contribution in [0.3, 0.4) is 0 Å². The van der Waals surface area contributed by atoms with E-state index in [1.165, 1.54) is 11.6 Å². The summed E-state index contributed by atoms with van der Waals surface area (Å²) in [6.45, 7) is 2.67. The fourth-order valence-corrected chi connectivity index (χ4v) is 2.42. The Morgan fingerprint density at radius 2 is 1.83 bits per heavy atom. The highest BCUT2D eigenvalue weighted by molar-refractivity contribution is 5.92. The molecule has 2 aromatic rings. The van der Waals surface area contributed by atoms with Crippen molar-refractivity contribution in [2.45, 2.75) is 12.8 Å². The van der Waals surface area contributed by atoms with Crippen molar-refractivity contribution >= 4 is 12.0 Å². The molecule has 0 aliphatic carbocycles. The zero-order valence-corrected chi connectivity index (χ0v) is 14.3. The quantitative estimate of drug-likeness (QED) is 0.791. The molecule has 0 heterocycles. The van der Waals surface area contributed by atoms with Crippen molar-refractivity contribution in [3.63, 3.8) is 0 Å². The number of amides is 1. The highest BCUT2D eigenvalue weighted by Crippen LogP contribution is 2.31. The third kappa shape index (κ3) is 4.62. The summed E-state index contributed by atoms with van der Waals surface area (Å²) in [7, 11) is 3.17. The average Bonchev–Trinajstić information content (AvgIpc) is 2.64. The number of hydrogen-bond acceptors (Lipinski definition) is 3. The van der Waals surface area contributed by atoms with E-state index in [0.717, 1.165) is 5.56 Å². The predicted molar refractivity (Wildman–Crippen MR) is 96.4 cm³/mol. The Labute approximate surface area is 143 Å². The van der Waals surface area contributed by atoms with Gasteiger partial charge in [-0.15, -0.1) is 0 Å². The fraction of sp³-hybridized carbons (Fsp3) is 0.250. The number of carbonyl (C=O) groups excluding carboxylic acids is 1. The monoisotopic (exact) mass is 325 g/mol. The molecule has 0 aliphatic rings. The van der Waals surface area contributed by atoms with E-state index in [1.807, 2.05) is 36.4 Å². The minimum Gasteiger partial charge on any atom is -0.493 e. The van der Waals surface area contributed by atoms with Crippen molar-refractivity contribution in [3.8, 4) is 11.5 Å². The second kappa shape index (κ2) is 8.77. The van der Waals surface area contributed by atoms with Gasteiger partial charge in [-0.05, 0) is 23.6 Å². The molecule has 1 N–H and O–H groups in total. The lowest BCUT2D eigenvalue weighted by Gasteiger charge is -2.12. The molecule has 1 atom stereocenters. The van der Waals surface area contributed by atoms with Gasteiger partial charge in [0.2, 0.25) is 5.91 Å². The second-order valence-electron chi connectivity index (χ2n) is 5.47. The van der Waals surface area contributed by atoms with Crippen LogP contribution in [0.5, 0.6) is 11.5 Å². The molecule has 0 saturated heterocycles. The van der Waals surface area contributed by atoms with Crippen LogP contribution in [-0.4, -0.2) is 26.7 Å². The Morgan fingerprint density at radius 3 is 2.50 bits per heavy atom. The maximum absolute atomic E-state index is 12.0. The smallest absolute Gasteiger partial charge is 0.244 e. The summed E-state index contributed by atoms with van der Waals surface area (Å²) >= 11 is 0. The van der Waals surface area contributed by atoms with Crippen LogP contribution in [0.4, 0.5) is 0 Å². The van der Waals surface area contributed by atoms with Crippen LogP contribution in [0.2, 0.25) is 0 Å². The summed E-state index contributed by atoms with van der Waals surface area (Å²) in [6.07, 6.45) is 3.23. The zero-order valence-electron chi connectivity index (χ0n) is 14.3. The number of benzene rings is 2. The first kappa shape index (κ1) is 17.6. The Kier molecular flexibility index (Phi) is 6.43. The number of carbonyl (C=O) groups is 1. The van der Waals surface area contributed by atoms with E-state index in [9.17, 15) is 4.79 Å². The van der Waals surface area contributed by atoms with Gasteiger partial charge in [-0.2, -0.15) is 0 Å². The number of ether oxygens (including phenoxy) is 2. The van der Waals surface area contributed by atoms with Crippen LogP contribution < -0.4 is 14.8 Å². The molecule has 4 heteroatoms. The number of nitrogens with one attached hydrogen (secondary N) is 1. The molecule has 0 bridgehead atoms. The van der Waals surface area contributed by atoms with Gasteiger partial charge in [-0.3, -0.25) is 4.79 Å². The SMILES string of the molecule is COc1cccc(/C=C/C(=O)NC[C@H](C)c2ccccc2)c1OC. The summed E-state index contributed by atoms with van der Waals surface area (Å²) in [5.41, 5.74) is 2.00. The molecule has 4 nitrogen and oxygen atoms in total. The first-order valence-corrected chi connectivity index (χ1v) is 7.87. The fourth-order valence-electron chi connectivity index (χ4n) is 2.42. The molecule has 0 fully saturated rings. The highest BCUT2D eigenvalue weighted by Gasteiger charge is 2.08. The molecule has 1 amide bonds. The lowest BCUT2D eigenvalue weighted by atomic mass is 10.0. The lowest BCUT2D eigenvalue weighted by Crippen LogP contribution is -2.25. The molecule has 0 aliphatic heterocycles. The molecule has 0 unspecified atom stereocenters. The first-order valence-electron chi connectivity index (χ1n) is 7.87. The van der Waals surface area contributed by atoms with Crippen molar-refractivity contribution in [3.05, 3.63) is 65.7 Å². The summed E-state index contributed by atoms with van der Waals surface area (Å²) in [5, 5.41) is 2.92. The average molecular weight is 325 g/mol.